The number of nitrogens with zero attached hydrogens (tertiary/aromatic N) is 3. The normalized spacial score (nSPS) is 15.3. The Kier molecular flexibility index (Phi) is 5.45. The van der Waals surface area contributed by atoms with Gasteiger partial charge >= 0.3 is 5.97 Å². The van der Waals surface area contributed by atoms with Gasteiger partial charge in [0.1, 0.15) is 0 Å². The maximum atomic E-state index is 13.0. The molecule has 152 valence electrons. The summed E-state index contributed by atoms with van der Waals surface area (Å²) in [5.41, 5.74) is -0.0242. The molecule has 3 aromatic rings. The van der Waals surface area contributed by atoms with Crippen molar-refractivity contribution in [1.82, 2.24) is 14.5 Å². The zero-order valence-corrected chi connectivity index (χ0v) is 16.3. The molecule has 29 heavy (non-hydrogen) atoms. The third kappa shape index (κ3) is 4.08. The van der Waals surface area contributed by atoms with Gasteiger partial charge in [0.25, 0.3) is 11.8 Å². The van der Waals surface area contributed by atoms with Crippen LogP contribution < -0.4 is 0 Å². The second-order valence-corrected chi connectivity index (χ2v) is 8.42. The number of ether oxygens (including phenoxy) is 1. The van der Waals surface area contributed by atoms with Crippen molar-refractivity contribution in [3.63, 3.8) is 0 Å². The second kappa shape index (κ2) is 8.18. The number of furan rings is 1. The summed E-state index contributed by atoms with van der Waals surface area (Å²) in [6.07, 6.45) is 4.08. The van der Waals surface area contributed by atoms with E-state index in [1.807, 2.05) is 0 Å². The van der Waals surface area contributed by atoms with Crippen LogP contribution in [0.25, 0.3) is 11.7 Å². The molecule has 1 aliphatic heterocycles. The molecule has 10 heteroatoms. The van der Waals surface area contributed by atoms with E-state index in [0.717, 1.165) is 19.3 Å². The van der Waals surface area contributed by atoms with Crippen LogP contribution in [0.5, 0.6) is 0 Å². The summed E-state index contributed by atoms with van der Waals surface area (Å²) in [5, 5.41) is 7.63. The van der Waals surface area contributed by atoms with Crippen molar-refractivity contribution < 1.29 is 26.8 Å². The van der Waals surface area contributed by atoms with Gasteiger partial charge in [-0.05, 0) is 37.1 Å². The van der Waals surface area contributed by atoms with Crippen LogP contribution in [0.2, 0.25) is 0 Å². The molecule has 0 amide bonds. The summed E-state index contributed by atoms with van der Waals surface area (Å²) in [6.45, 7) is 0.608. The van der Waals surface area contributed by atoms with E-state index in [0.29, 0.717) is 18.8 Å². The van der Waals surface area contributed by atoms with Gasteiger partial charge in [-0.1, -0.05) is 18.6 Å². The van der Waals surface area contributed by atoms with Crippen molar-refractivity contribution in [1.29, 1.82) is 0 Å². The molecule has 3 heterocycles. The lowest BCUT2D eigenvalue weighted by Gasteiger charge is -2.26. The van der Waals surface area contributed by atoms with Gasteiger partial charge < -0.3 is 13.6 Å². The number of piperidine rings is 1. The van der Waals surface area contributed by atoms with Gasteiger partial charge in [0.2, 0.25) is 10.0 Å². The zero-order valence-electron chi connectivity index (χ0n) is 15.5. The quantitative estimate of drug-likeness (QED) is 0.562. The van der Waals surface area contributed by atoms with Crippen LogP contribution in [0.1, 0.15) is 35.5 Å². The van der Waals surface area contributed by atoms with Crippen LogP contribution in [-0.2, 0) is 21.4 Å². The molecule has 1 aliphatic rings. The standard InChI is InChI=1S/C19H19N3O6S/c23-19(27-13-17-20-21-18(28-17)15-8-6-12-26-15)14-7-2-3-9-16(14)29(24,25)22-10-4-1-5-11-22/h2-3,6-9,12H,1,4-5,10-11,13H2. The molecule has 2 aromatic heterocycles. The molecule has 4 rings (SSSR count). The minimum absolute atomic E-state index is 0.0242. The minimum atomic E-state index is -3.78. The van der Waals surface area contributed by atoms with Gasteiger partial charge in [-0.3, -0.25) is 0 Å². The number of sulfonamides is 1. The topological polar surface area (TPSA) is 116 Å². The molecule has 0 saturated carbocycles. The van der Waals surface area contributed by atoms with Crippen molar-refractivity contribution in [2.24, 2.45) is 0 Å². The summed E-state index contributed by atoms with van der Waals surface area (Å²) < 4.78 is 43.2. The molecule has 0 radical (unpaired) electrons. The highest BCUT2D eigenvalue weighted by Gasteiger charge is 2.30. The Hall–Kier alpha value is -2.98. The number of esters is 1. The third-order valence-corrected chi connectivity index (χ3v) is 6.52. The Labute approximate surface area is 167 Å². The fourth-order valence-electron chi connectivity index (χ4n) is 3.12. The van der Waals surface area contributed by atoms with Crippen molar-refractivity contribution in [2.75, 3.05) is 13.1 Å². The molecule has 1 aromatic carbocycles. The van der Waals surface area contributed by atoms with Gasteiger partial charge in [0.15, 0.2) is 12.4 Å². The fraction of sp³-hybridized carbons (Fsp3) is 0.316. The second-order valence-electron chi connectivity index (χ2n) is 6.52. The first-order valence-corrected chi connectivity index (χ1v) is 10.6. The smallest absolute Gasteiger partial charge is 0.340 e. The van der Waals surface area contributed by atoms with Gasteiger partial charge in [0.05, 0.1) is 16.7 Å². The largest absolute Gasteiger partial charge is 0.459 e. The molecular weight excluding hydrogens is 398 g/mol. The maximum Gasteiger partial charge on any atom is 0.340 e. The highest BCUT2D eigenvalue weighted by Crippen LogP contribution is 2.24. The van der Waals surface area contributed by atoms with Crippen LogP contribution in [0, 0.1) is 0 Å². The molecular formula is C19H19N3O6S. The molecule has 0 aliphatic carbocycles. The fourth-order valence-corrected chi connectivity index (χ4v) is 4.82. The number of carbonyl (C=O) groups excluding carboxylic acids is 1. The number of rotatable bonds is 6. The van der Waals surface area contributed by atoms with Crippen molar-refractivity contribution in [3.05, 3.63) is 54.1 Å². The first-order chi connectivity index (χ1) is 14.1. The van der Waals surface area contributed by atoms with E-state index in [4.69, 9.17) is 13.6 Å². The Morgan fingerprint density at radius 2 is 1.86 bits per heavy atom. The van der Waals surface area contributed by atoms with Crippen LogP contribution in [0.3, 0.4) is 0 Å². The SMILES string of the molecule is O=C(OCc1nnc(-c2ccco2)o1)c1ccccc1S(=O)(=O)N1CCCCC1. The summed E-state index contributed by atoms with van der Waals surface area (Å²) >= 11 is 0. The first kappa shape index (κ1) is 19.3. The van der Waals surface area contributed by atoms with E-state index < -0.39 is 16.0 Å². The van der Waals surface area contributed by atoms with E-state index in [1.165, 1.54) is 22.7 Å². The van der Waals surface area contributed by atoms with Crippen molar-refractivity contribution >= 4 is 16.0 Å². The van der Waals surface area contributed by atoms with E-state index in [9.17, 15) is 13.2 Å². The number of aromatic nitrogens is 2. The Morgan fingerprint density at radius 1 is 1.07 bits per heavy atom. The van der Waals surface area contributed by atoms with Crippen molar-refractivity contribution in [2.45, 2.75) is 30.8 Å². The number of hydrogen-bond acceptors (Lipinski definition) is 8. The summed E-state index contributed by atoms with van der Waals surface area (Å²) in [4.78, 5) is 12.5. The van der Waals surface area contributed by atoms with E-state index >= 15 is 0 Å². The summed E-state index contributed by atoms with van der Waals surface area (Å²) in [6, 6.07) is 9.36. The lowest BCUT2D eigenvalue weighted by molar-refractivity contribution is 0.0434. The molecule has 0 N–H and O–H groups in total. The number of hydrogen-bond donors (Lipinski definition) is 0. The molecule has 1 saturated heterocycles. The monoisotopic (exact) mass is 417 g/mol. The maximum absolute atomic E-state index is 13.0. The van der Waals surface area contributed by atoms with E-state index in [-0.39, 0.29) is 28.8 Å². The molecule has 0 bridgehead atoms. The predicted molar refractivity (Wildman–Crippen MR) is 100 cm³/mol. The summed E-state index contributed by atoms with van der Waals surface area (Å²) in [5.74, 6) is -0.151. The number of carbonyl (C=O) groups is 1. The highest BCUT2D eigenvalue weighted by atomic mass is 32.2. The highest BCUT2D eigenvalue weighted by molar-refractivity contribution is 7.89. The molecule has 1 fully saturated rings. The lowest BCUT2D eigenvalue weighted by atomic mass is 10.2. The van der Waals surface area contributed by atoms with Crippen LogP contribution in [0.15, 0.2) is 56.4 Å². The van der Waals surface area contributed by atoms with E-state index in [1.54, 1.807) is 24.3 Å². The van der Waals surface area contributed by atoms with Gasteiger partial charge in [-0.15, -0.1) is 10.2 Å². The van der Waals surface area contributed by atoms with Crippen LogP contribution in [0.4, 0.5) is 0 Å². The Bertz CT molecular complexity index is 1080. The third-order valence-electron chi connectivity index (χ3n) is 4.57. The Morgan fingerprint density at radius 3 is 2.62 bits per heavy atom. The molecule has 9 nitrogen and oxygen atoms in total. The zero-order chi connectivity index (χ0) is 20.3. The first-order valence-electron chi connectivity index (χ1n) is 9.18. The van der Waals surface area contributed by atoms with Gasteiger partial charge in [-0.25, -0.2) is 13.2 Å². The van der Waals surface area contributed by atoms with Crippen LogP contribution in [-0.4, -0.2) is 42.0 Å². The molecule has 0 unspecified atom stereocenters. The van der Waals surface area contributed by atoms with Gasteiger partial charge in [0, 0.05) is 13.1 Å². The average Bonchev–Trinajstić information content (AvgIpc) is 3.44. The van der Waals surface area contributed by atoms with Gasteiger partial charge in [-0.2, -0.15) is 4.31 Å². The molecule has 0 spiro atoms. The number of benzene rings is 1. The summed E-state index contributed by atoms with van der Waals surface area (Å²) in [7, 11) is -3.78. The lowest BCUT2D eigenvalue weighted by Crippen LogP contribution is -2.36. The molecule has 0 atom stereocenters. The van der Waals surface area contributed by atoms with Crippen LogP contribution >= 0.6 is 0 Å². The van der Waals surface area contributed by atoms with E-state index in [2.05, 4.69) is 10.2 Å². The minimum Gasteiger partial charge on any atom is -0.459 e. The van der Waals surface area contributed by atoms with Crippen molar-refractivity contribution in [3.8, 4) is 11.7 Å². The Balaban J connectivity index is 1.49. The average molecular weight is 417 g/mol. The predicted octanol–water partition coefficient (Wildman–Crippen LogP) is 2.86.